The van der Waals surface area contributed by atoms with Gasteiger partial charge >= 0.3 is 5.97 Å². The van der Waals surface area contributed by atoms with Crippen LogP contribution in [-0.4, -0.2) is 30.9 Å². The van der Waals surface area contributed by atoms with Crippen molar-refractivity contribution < 1.29 is 14.3 Å². The minimum atomic E-state index is -0.410. The first-order chi connectivity index (χ1) is 9.78. The van der Waals surface area contributed by atoms with E-state index in [1.165, 1.54) is 7.11 Å². The zero-order chi connectivity index (χ0) is 14.2. The molecule has 0 spiro atoms. The molecule has 2 aromatic rings. The van der Waals surface area contributed by atoms with Gasteiger partial charge in [-0.25, -0.2) is 4.79 Å². The fourth-order valence-electron chi connectivity index (χ4n) is 1.43. The molecule has 1 heterocycles. The third kappa shape index (κ3) is 4.20. The SMILES string of the molecule is COC(=O)COc1ccc(C=Nc2cccnc2)cc1. The number of methoxy groups -OCH3 is 1. The monoisotopic (exact) mass is 270 g/mol. The lowest BCUT2D eigenvalue weighted by atomic mass is 10.2. The number of aliphatic imine (C=N–C) groups is 1. The number of nitrogens with zero attached hydrogens (tertiary/aromatic N) is 2. The molecule has 0 unspecified atom stereocenters. The number of hydrogen-bond donors (Lipinski definition) is 0. The van der Waals surface area contributed by atoms with Gasteiger partial charge in [0, 0.05) is 12.4 Å². The molecule has 1 aromatic carbocycles. The number of aromatic nitrogens is 1. The maximum Gasteiger partial charge on any atom is 0.343 e. The summed E-state index contributed by atoms with van der Waals surface area (Å²) < 4.78 is 9.74. The molecule has 20 heavy (non-hydrogen) atoms. The molecule has 0 saturated carbocycles. The fourth-order valence-corrected chi connectivity index (χ4v) is 1.43. The molecule has 0 aliphatic carbocycles. The van der Waals surface area contributed by atoms with Crippen molar-refractivity contribution in [3.63, 3.8) is 0 Å². The van der Waals surface area contributed by atoms with Crippen LogP contribution >= 0.6 is 0 Å². The van der Waals surface area contributed by atoms with Crippen LogP contribution in [0.2, 0.25) is 0 Å². The molecule has 102 valence electrons. The maximum absolute atomic E-state index is 10.9. The highest BCUT2D eigenvalue weighted by atomic mass is 16.6. The first kappa shape index (κ1) is 13.7. The van der Waals surface area contributed by atoms with Gasteiger partial charge in [0.25, 0.3) is 0 Å². The predicted molar refractivity (Wildman–Crippen MR) is 75.4 cm³/mol. The van der Waals surface area contributed by atoms with Crippen LogP contribution in [0.4, 0.5) is 5.69 Å². The minimum Gasteiger partial charge on any atom is -0.482 e. The summed E-state index contributed by atoms with van der Waals surface area (Å²) >= 11 is 0. The van der Waals surface area contributed by atoms with E-state index in [4.69, 9.17) is 4.74 Å². The van der Waals surface area contributed by atoms with Crippen molar-refractivity contribution in [3.8, 4) is 5.75 Å². The van der Waals surface area contributed by atoms with E-state index in [0.29, 0.717) is 5.75 Å². The van der Waals surface area contributed by atoms with E-state index < -0.39 is 5.97 Å². The van der Waals surface area contributed by atoms with E-state index >= 15 is 0 Å². The van der Waals surface area contributed by atoms with Gasteiger partial charge in [-0.15, -0.1) is 0 Å². The Labute approximate surface area is 116 Å². The van der Waals surface area contributed by atoms with Gasteiger partial charge in [0.15, 0.2) is 6.61 Å². The molecule has 0 amide bonds. The molecule has 0 aliphatic heterocycles. The number of ether oxygens (including phenoxy) is 2. The number of carbonyl (C=O) groups is 1. The quantitative estimate of drug-likeness (QED) is 0.618. The van der Waals surface area contributed by atoms with Gasteiger partial charge in [0.1, 0.15) is 5.75 Å². The minimum absolute atomic E-state index is 0.0976. The Morgan fingerprint density at radius 2 is 2.10 bits per heavy atom. The number of pyridine rings is 1. The summed E-state index contributed by atoms with van der Waals surface area (Å²) in [4.78, 5) is 19.2. The van der Waals surface area contributed by atoms with Crippen molar-refractivity contribution in [3.05, 3.63) is 54.4 Å². The number of hydrogen-bond acceptors (Lipinski definition) is 5. The standard InChI is InChI=1S/C15H14N2O3/c1-19-15(18)11-20-14-6-4-12(5-7-14)9-17-13-3-2-8-16-10-13/h2-10H,11H2,1H3. The normalized spacial score (nSPS) is 10.4. The molecule has 1 aromatic heterocycles. The Morgan fingerprint density at radius 3 is 2.75 bits per heavy atom. The molecule has 0 bridgehead atoms. The van der Waals surface area contributed by atoms with Crippen LogP contribution < -0.4 is 4.74 Å². The molecule has 0 atom stereocenters. The molecular weight excluding hydrogens is 256 g/mol. The fraction of sp³-hybridized carbons (Fsp3) is 0.133. The van der Waals surface area contributed by atoms with E-state index in [1.54, 1.807) is 30.7 Å². The number of esters is 1. The summed E-state index contributed by atoms with van der Waals surface area (Å²) in [6.45, 7) is -0.0976. The van der Waals surface area contributed by atoms with Gasteiger partial charge in [-0.05, 0) is 42.0 Å². The highest BCUT2D eigenvalue weighted by Gasteiger charge is 2.01. The molecule has 0 aliphatic rings. The van der Waals surface area contributed by atoms with Crippen molar-refractivity contribution >= 4 is 17.9 Å². The summed E-state index contributed by atoms with van der Waals surface area (Å²) in [5, 5.41) is 0. The smallest absolute Gasteiger partial charge is 0.343 e. The zero-order valence-electron chi connectivity index (χ0n) is 11.0. The van der Waals surface area contributed by atoms with Crippen LogP contribution in [0.15, 0.2) is 53.8 Å². The molecule has 5 nitrogen and oxygen atoms in total. The molecule has 0 fully saturated rings. The lowest BCUT2D eigenvalue weighted by Crippen LogP contribution is -2.12. The Morgan fingerprint density at radius 1 is 1.30 bits per heavy atom. The van der Waals surface area contributed by atoms with Crippen molar-refractivity contribution in [2.24, 2.45) is 4.99 Å². The molecule has 0 N–H and O–H groups in total. The third-order valence-electron chi connectivity index (χ3n) is 2.47. The molecule has 2 rings (SSSR count). The summed E-state index contributed by atoms with van der Waals surface area (Å²) in [5.74, 6) is 0.196. The second-order valence-corrected chi connectivity index (χ2v) is 3.90. The number of rotatable bonds is 5. The van der Waals surface area contributed by atoms with Gasteiger partial charge in [-0.3, -0.25) is 9.98 Å². The average molecular weight is 270 g/mol. The largest absolute Gasteiger partial charge is 0.482 e. The van der Waals surface area contributed by atoms with Gasteiger partial charge in [-0.1, -0.05) is 0 Å². The molecule has 0 saturated heterocycles. The Balaban J connectivity index is 1.95. The van der Waals surface area contributed by atoms with Crippen molar-refractivity contribution in [2.75, 3.05) is 13.7 Å². The molecule has 5 heteroatoms. The van der Waals surface area contributed by atoms with Crippen LogP contribution in [0, 0.1) is 0 Å². The van der Waals surface area contributed by atoms with Gasteiger partial charge in [0.05, 0.1) is 19.0 Å². The maximum atomic E-state index is 10.9. The Bertz CT molecular complexity index is 580. The highest BCUT2D eigenvalue weighted by molar-refractivity contribution is 5.82. The highest BCUT2D eigenvalue weighted by Crippen LogP contribution is 2.12. The van der Waals surface area contributed by atoms with Crippen molar-refractivity contribution in [1.82, 2.24) is 4.98 Å². The van der Waals surface area contributed by atoms with Crippen LogP contribution in [0.1, 0.15) is 5.56 Å². The summed E-state index contributed by atoms with van der Waals surface area (Å²) in [7, 11) is 1.32. The Hall–Kier alpha value is -2.69. The van der Waals surface area contributed by atoms with E-state index in [1.807, 2.05) is 24.3 Å². The van der Waals surface area contributed by atoms with Crippen molar-refractivity contribution in [1.29, 1.82) is 0 Å². The molecular formula is C15H14N2O3. The van der Waals surface area contributed by atoms with E-state index in [-0.39, 0.29) is 6.61 Å². The first-order valence-corrected chi connectivity index (χ1v) is 6.02. The van der Waals surface area contributed by atoms with Gasteiger partial charge in [-0.2, -0.15) is 0 Å². The summed E-state index contributed by atoms with van der Waals surface area (Å²) in [6.07, 6.45) is 5.12. The summed E-state index contributed by atoms with van der Waals surface area (Å²) in [6, 6.07) is 11.0. The lowest BCUT2D eigenvalue weighted by Gasteiger charge is -2.04. The van der Waals surface area contributed by atoms with E-state index in [0.717, 1.165) is 11.3 Å². The van der Waals surface area contributed by atoms with Crippen LogP contribution in [0.3, 0.4) is 0 Å². The van der Waals surface area contributed by atoms with Crippen LogP contribution in [0.25, 0.3) is 0 Å². The lowest BCUT2D eigenvalue weighted by molar-refractivity contribution is -0.142. The number of carbonyl (C=O) groups excluding carboxylic acids is 1. The van der Waals surface area contributed by atoms with E-state index in [2.05, 4.69) is 14.7 Å². The van der Waals surface area contributed by atoms with Gasteiger partial charge < -0.3 is 9.47 Å². The first-order valence-electron chi connectivity index (χ1n) is 6.02. The topological polar surface area (TPSA) is 60.8 Å². The zero-order valence-corrected chi connectivity index (χ0v) is 11.0. The summed E-state index contributed by atoms with van der Waals surface area (Å²) in [5.41, 5.74) is 1.72. The third-order valence-corrected chi connectivity index (χ3v) is 2.47. The number of benzene rings is 1. The average Bonchev–Trinajstić information content (AvgIpc) is 2.52. The molecule has 0 radical (unpaired) electrons. The predicted octanol–water partition coefficient (Wildman–Crippen LogP) is 2.38. The van der Waals surface area contributed by atoms with Crippen LogP contribution in [0.5, 0.6) is 5.75 Å². The van der Waals surface area contributed by atoms with Crippen molar-refractivity contribution in [2.45, 2.75) is 0 Å². The second-order valence-electron chi connectivity index (χ2n) is 3.90. The second kappa shape index (κ2) is 7.04. The Kier molecular flexibility index (Phi) is 4.83. The van der Waals surface area contributed by atoms with Gasteiger partial charge in [0.2, 0.25) is 0 Å². The van der Waals surface area contributed by atoms with Crippen LogP contribution in [-0.2, 0) is 9.53 Å². The van der Waals surface area contributed by atoms with E-state index in [9.17, 15) is 4.79 Å².